The van der Waals surface area contributed by atoms with Crippen molar-refractivity contribution in [3.8, 4) is 0 Å². The van der Waals surface area contributed by atoms with Gasteiger partial charge in [-0.15, -0.1) is 0 Å². The lowest BCUT2D eigenvalue weighted by molar-refractivity contribution is -0.137. The Morgan fingerprint density at radius 1 is 1.05 bits per heavy atom. The van der Waals surface area contributed by atoms with Crippen LogP contribution in [0.2, 0.25) is 5.02 Å². The Balaban J connectivity index is 2.05. The number of nitrogens with zero attached hydrogens (tertiary/aromatic N) is 1. The minimum absolute atomic E-state index is 0.269. The first-order chi connectivity index (χ1) is 9.45. The van der Waals surface area contributed by atoms with Crippen LogP contribution >= 0.6 is 11.6 Å². The Hall–Kier alpha value is -2.01. The van der Waals surface area contributed by atoms with Crippen molar-refractivity contribution in [1.29, 1.82) is 0 Å². The number of hydrogen-bond acceptors (Lipinski definition) is 2. The van der Waals surface area contributed by atoms with E-state index >= 15 is 0 Å². The van der Waals surface area contributed by atoms with Crippen LogP contribution in [0.1, 0.15) is 11.1 Å². The lowest BCUT2D eigenvalue weighted by atomic mass is 10.2. The predicted molar refractivity (Wildman–Crippen MR) is 74.1 cm³/mol. The van der Waals surface area contributed by atoms with Crippen LogP contribution in [-0.4, -0.2) is 6.21 Å². The third-order valence-corrected chi connectivity index (χ3v) is 2.72. The topological polar surface area (TPSA) is 24.4 Å². The number of anilines is 1. The van der Waals surface area contributed by atoms with E-state index in [2.05, 4.69) is 10.5 Å². The number of hydrogen-bond donors (Lipinski definition) is 1. The summed E-state index contributed by atoms with van der Waals surface area (Å²) in [5, 5.41) is 4.48. The quantitative estimate of drug-likeness (QED) is 0.638. The summed E-state index contributed by atoms with van der Waals surface area (Å²) in [4.78, 5) is 0. The smallest absolute Gasteiger partial charge is 0.278 e. The Bertz CT molecular complexity index is 607. The number of alkyl halides is 3. The van der Waals surface area contributed by atoms with Gasteiger partial charge in [0.2, 0.25) is 0 Å². The molecule has 0 unspecified atom stereocenters. The van der Waals surface area contributed by atoms with E-state index in [9.17, 15) is 13.2 Å². The van der Waals surface area contributed by atoms with Gasteiger partial charge in [0.05, 0.1) is 17.5 Å². The number of nitrogens with one attached hydrogen (secondary N) is 1. The van der Waals surface area contributed by atoms with E-state index < -0.39 is 11.7 Å². The van der Waals surface area contributed by atoms with E-state index in [0.29, 0.717) is 5.02 Å². The summed E-state index contributed by atoms with van der Waals surface area (Å²) in [6.45, 7) is 0. The molecular weight excluding hydrogens is 289 g/mol. The van der Waals surface area contributed by atoms with Gasteiger partial charge in [-0.05, 0) is 35.9 Å². The normalized spacial score (nSPS) is 11.8. The summed E-state index contributed by atoms with van der Waals surface area (Å²) in [5.74, 6) is 0. The van der Waals surface area contributed by atoms with Crippen LogP contribution in [0.4, 0.5) is 18.9 Å². The van der Waals surface area contributed by atoms with Gasteiger partial charge in [0.15, 0.2) is 0 Å². The molecule has 0 heterocycles. The van der Waals surface area contributed by atoms with Crippen LogP contribution in [0.3, 0.4) is 0 Å². The van der Waals surface area contributed by atoms with Crippen molar-refractivity contribution >= 4 is 23.5 Å². The molecule has 0 bridgehead atoms. The molecule has 1 N–H and O–H groups in total. The molecule has 0 saturated heterocycles. The standard InChI is InChI=1S/C14H10ClF3N2/c15-12-6-4-10(5-7-12)9-19-20-13-3-1-2-11(8-13)14(16,17)18/h1-9,20H. The van der Waals surface area contributed by atoms with Gasteiger partial charge in [-0.25, -0.2) is 0 Å². The average molecular weight is 299 g/mol. The van der Waals surface area contributed by atoms with Crippen molar-refractivity contribution in [2.75, 3.05) is 5.43 Å². The first kappa shape index (κ1) is 14.4. The van der Waals surface area contributed by atoms with Crippen molar-refractivity contribution in [2.24, 2.45) is 5.10 Å². The molecule has 0 aromatic heterocycles. The lowest BCUT2D eigenvalue weighted by Gasteiger charge is -2.07. The molecule has 20 heavy (non-hydrogen) atoms. The van der Waals surface area contributed by atoms with Crippen LogP contribution in [0.5, 0.6) is 0 Å². The van der Waals surface area contributed by atoms with Crippen molar-refractivity contribution in [2.45, 2.75) is 6.18 Å². The van der Waals surface area contributed by atoms with E-state index in [4.69, 9.17) is 11.6 Å². The highest BCUT2D eigenvalue weighted by Gasteiger charge is 2.30. The van der Waals surface area contributed by atoms with Gasteiger partial charge in [-0.3, -0.25) is 5.43 Å². The van der Waals surface area contributed by atoms with E-state index in [1.54, 1.807) is 24.3 Å². The van der Waals surface area contributed by atoms with E-state index in [-0.39, 0.29) is 5.69 Å². The van der Waals surface area contributed by atoms with Gasteiger partial charge in [0.1, 0.15) is 0 Å². The number of rotatable bonds is 3. The summed E-state index contributed by atoms with van der Waals surface area (Å²) in [6.07, 6.45) is -2.87. The van der Waals surface area contributed by atoms with Crippen molar-refractivity contribution in [3.05, 3.63) is 64.7 Å². The molecule has 0 fully saturated rings. The zero-order chi connectivity index (χ0) is 14.6. The van der Waals surface area contributed by atoms with Crippen LogP contribution < -0.4 is 5.43 Å². The highest BCUT2D eigenvalue weighted by molar-refractivity contribution is 6.30. The molecule has 0 atom stereocenters. The van der Waals surface area contributed by atoms with Gasteiger partial charge in [-0.2, -0.15) is 18.3 Å². The third kappa shape index (κ3) is 3.99. The van der Waals surface area contributed by atoms with Crippen LogP contribution in [0, 0.1) is 0 Å². The zero-order valence-corrected chi connectivity index (χ0v) is 10.9. The van der Waals surface area contributed by atoms with Gasteiger partial charge in [-0.1, -0.05) is 29.8 Å². The molecule has 0 aliphatic carbocycles. The molecular formula is C14H10ClF3N2. The fraction of sp³-hybridized carbons (Fsp3) is 0.0714. The molecule has 0 aliphatic rings. The molecule has 2 aromatic rings. The monoisotopic (exact) mass is 298 g/mol. The first-order valence-corrected chi connectivity index (χ1v) is 6.05. The summed E-state index contributed by atoms with van der Waals surface area (Å²) in [5.41, 5.74) is 2.89. The first-order valence-electron chi connectivity index (χ1n) is 5.67. The third-order valence-electron chi connectivity index (χ3n) is 2.47. The highest BCUT2D eigenvalue weighted by Crippen LogP contribution is 2.30. The number of benzene rings is 2. The summed E-state index contributed by atoms with van der Waals surface area (Å²) >= 11 is 5.74. The molecule has 6 heteroatoms. The lowest BCUT2D eigenvalue weighted by Crippen LogP contribution is -2.05. The molecule has 0 spiro atoms. The average Bonchev–Trinajstić information content (AvgIpc) is 2.40. The molecule has 0 amide bonds. The molecule has 104 valence electrons. The van der Waals surface area contributed by atoms with E-state index in [0.717, 1.165) is 17.7 Å². The largest absolute Gasteiger partial charge is 0.416 e. The fourth-order valence-corrected chi connectivity index (χ4v) is 1.62. The SMILES string of the molecule is FC(F)(F)c1cccc(NN=Cc2ccc(Cl)cc2)c1. The minimum Gasteiger partial charge on any atom is -0.278 e. The highest BCUT2D eigenvalue weighted by atomic mass is 35.5. The van der Waals surface area contributed by atoms with Crippen molar-refractivity contribution < 1.29 is 13.2 Å². The van der Waals surface area contributed by atoms with Gasteiger partial charge in [0.25, 0.3) is 0 Å². The van der Waals surface area contributed by atoms with Crippen molar-refractivity contribution in [1.82, 2.24) is 0 Å². The molecule has 0 radical (unpaired) electrons. The maximum Gasteiger partial charge on any atom is 0.416 e. The molecule has 0 aliphatic heterocycles. The Morgan fingerprint density at radius 2 is 1.75 bits per heavy atom. The Kier molecular flexibility index (Phi) is 4.29. The van der Waals surface area contributed by atoms with Crippen LogP contribution in [-0.2, 0) is 6.18 Å². The number of hydrazone groups is 1. The predicted octanol–water partition coefficient (Wildman–Crippen LogP) is 4.80. The second kappa shape index (κ2) is 5.96. The van der Waals surface area contributed by atoms with Crippen LogP contribution in [0.25, 0.3) is 0 Å². The molecule has 2 rings (SSSR count). The second-order valence-electron chi connectivity index (χ2n) is 4.00. The van der Waals surface area contributed by atoms with Gasteiger partial charge >= 0.3 is 6.18 Å². The van der Waals surface area contributed by atoms with E-state index in [1.807, 2.05) is 0 Å². The summed E-state index contributed by atoms with van der Waals surface area (Å²) in [6, 6.07) is 11.7. The van der Waals surface area contributed by atoms with Gasteiger partial charge < -0.3 is 0 Å². The summed E-state index contributed by atoms with van der Waals surface area (Å²) < 4.78 is 37.5. The Labute approximate surface area is 118 Å². The van der Waals surface area contributed by atoms with Crippen LogP contribution in [0.15, 0.2) is 53.6 Å². The maximum absolute atomic E-state index is 12.5. The molecule has 2 aromatic carbocycles. The molecule has 0 saturated carbocycles. The summed E-state index contributed by atoms with van der Waals surface area (Å²) in [7, 11) is 0. The number of halogens is 4. The van der Waals surface area contributed by atoms with Gasteiger partial charge in [0, 0.05) is 5.02 Å². The fourth-order valence-electron chi connectivity index (χ4n) is 1.50. The zero-order valence-electron chi connectivity index (χ0n) is 10.2. The van der Waals surface area contributed by atoms with E-state index in [1.165, 1.54) is 18.3 Å². The second-order valence-corrected chi connectivity index (χ2v) is 4.44. The Morgan fingerprint density at radius 3 is 2.40 bits per heavy atom. The maximum atomic E-state index is 12.5. The van der Waals surface area contributed by atoms with Crippen molar-refractivity contribution in [3.63, 3.8) is 0 Å². The molecule has 2 nitrogen and oxygen atoms in total. The minimum atomic E-state index is -4.36.